The molecule has 0 aromatic heterocycles. The van der Waals surface area contributed by atoms with Crippen LogP contribution in [-0.2, 0) is 4.74 Å². The highest BCUT2D eigenvalue weighted by Crippen LogP contribution is 1.83. The standard InChI is InChI=1S/C5H11NO.ClH/c1-2-6-3-5-7-4-1;/h6H,1-5H2;1H/i1D2;. The summed E-state index contributed by atoms with van der Waals surface area (Å²) in [4.78, 5) is 0. The third-order valence-electron chi connectivity index (χ3n) is 0.877. The minimum absolute atomic E-state index is 0. The van der Waals surface area contributed by atoms with Gasteiger partial charge in [0, 0.05) is 15.9 Å². The van der Waals surface area contributed by atoms with E-state index < -0.39 is 6.37 Å². The van der Waals surface area contributed by atoms with Crippen LogP contribution in [0.2, 0.25) is 0 Å². The number of rotatable bonds is 0. The van der Waals surface area contributed by atoms with Gasteiger partial charge in [0.2, 0.25) is 0 Å². The molecule has 0 amide bonds. The van der Waals surface area contributed by atoms with Crippen LogP contribution >= 0.6 is 12.4 Å². The molecule has 1 aliphatic heterocycles. The molecule has 0 aromatic rings. The van der Waals surface area contributed by atoms with E-state index in [4.69, 9.17) is 7.48 Å². The smallest absolute Gasteiger partial charge is 0.0590 e. The van der Waals surface area contributed by atoms with E-state index in [-0.39, 0.29) is 19.0 Å². The predicted molar refractivity (Wildman–Crippen MR) is 35.6 cm³/mol. The van der Waals surface area contributed by atoms with Crippen LogP contribution < -0.4 is 5.32 Å². The van der Waals surface area contributed by atoms with E-state index in [0.717, 1.165) is 6.54 Å². The van der Waals surface area contributed by atoms with Crippen LogP contribution in [0.25, 0.3) is 0 Å². The summed E-state index contributed by atoms with van der Waals surface area (Å²) < 4.78 is 19.5. The Morgan fingerprint density at radius 1 is 1.38 bits per heavy atom. The van der Waals surface area contributed by atoms with Gasteiger partial charge in [-0.05, 0) is 12.9 Å². The first kappa shape index (κ1) is 5.03. The number of hydrogen-bond donors (Lipinski definition) is 1. The molecule has 0 aliphatic carbocycles. The van der Waals surface area contributed by atoms with Crippen LogP contribution in [0.3, 0.4) is 0 Å². The summed E-state index contributed by atoms with van der Waals surface area (Å²) in [6.07, 6.45) is -1.17. The Morgan fingerprint density at radius 3 is 3.12 bits per heavy atom. The molecule has 1 fully saturated rings. The first-order valence-electron chi connectivity index (χ1n) is 3.49. The van der Waals surface area contributed by atoms with Gasteiger partial charge in [-0.3, -0.25) is 0 Å². The fraction of sp³-hybridized carbons (Fsp3) is 1.00. The van der Waals surface area contributed by atoms with E-state index in [1.54, 1.807) is 0 Å². The van der Waals surface area contributed by atoms with Crippen molar-refractivity contribution in [2.24, 2.45) is 0 Å². The highest BCUT2D eigenvalue weighted by molar-refractivity contribution is 5.85. The van der Waals surface area contributed by atoms with Gasteiger partial charge >= 0.3 is 0 Å². The maximum absolute atomic E-state index is 7.25. The minimum Gasteiger partial charge on any atom is -0.380 e. The molecule has 3 heteroatoms. The summed E-state index contributed by atoms with van der Waals surface area (Å²) in [7, 11) is 0. The molecule has 8 heavy (non-hydrogen) atoms. The van der Waals surface area contributed by atoms with E-state index in [0.29, 0.717) is 13.2 Å². The summed E-state index contributed by atoms with van der Waals surface area (Å²) >= 11 is 0. The molecule has 0 bridgehead atoms. The van der Waals surface area contributed by atoms with Gasteiger partial charge in [0.25, 0.3) is 0 Å². The van der Waals surface area contributed by atoms with E-state index in [2.05, 4.69) is 5.32 Å². The number of ether oxygens (including phenoxy) is 1. The third-order valence-corrected chi connectivity index (χ3v) is 0.877. The zero-order valence-electron chi connectivity index (χ0n) is 6.64. The van der Waals surface area contributed by atoms with Gasteiger partial charge in [-0.15, -0.1) is 12.4 Å². The summed E-state index contributed by atoms with van der Waals surface area (Å²) in [6.45, 7) is 2.02. The molecule has 0 atom stereocenters. The minimum atomic E-state index is -1.17. The molecule has 1 aliphatic rings. The first-order chi connectivity index (χ1) is 4.21. The highest BCUT2D eigenvalue weighted by Gasteiger charge is 1.93. The Labute approximate surface area is 58.8 Å². The normalized spacial score (nSPS) is 31.0. The second-order valence-electron chi connectivity index (χ2n) is 1.48. The van der Waals surface area contributed by atoms with Crippen molar-refractivity contribution in [1.29, 1.82) is 0 Å². The molecule has 0 unspecified atom stereocenters. The highest BCUT2D eigenvalue weighted by atomic mass is 35.5. The largest absolute Gasteiger partial charge is 0.380 e. The molecule has 1 saturated heterocycles. The van der Waals surface area contributed by atoms with Crippen molar-refractivity contribution < 1.29 is 7.48 Å². The lowest BCUT2D eigenvalue weighted by Gasteiger charge is -1.91. The van der Waals surface area contributed by atoms with Crippen molar-refractivity contribution in [1.82, 2.24) is 5.32 Å². The quantitative estimate of drug-likeness (QED) is 0.525. The van der Waals surface area contributed by atoms with E-state index in [1.165, 1.54) is 0 Å². The maximum Gasteiger partial charge on any atom is 0.0590 e. The zero-order valence-corrected chi connectivity index (χ0v) is 5.46. The Bertz CT molecular complexity index is 91.6. The van der Waals surface area contributed by atoms with Crippen molar-refractivity contribution >= 4 is 12.4 Å². The maximum atomic E-state index is 7.25. The first-order valence-corrected chi connectivity index (χ1v) is 2.49. The molecule has 1 rings (SSSR count). The second-order valence-corrected chi connectivity index (χ2v) is 1.48. The Balaban J connectivity index is 0.000000810. The summed E-state index contributed by atoms with van der Waals surface area (Å²) in [5, 5.41) is 2.94. The Hall–Kier alpha value is 0.210. The van der Waals surface area contributed by atoms with Crippen molar-refractivity contribution in [3.05, 3.63) is 0 Å². The van der Waals surface area contributed by atoms with Crippen molar-refractivity contribution in [3.63, 3.8) is 0 Å². The van der Waals surface area contributed by atoms with Gasteiger partial charge in [0.15, 0.2) is 0 Å². The SMILES string of the molecule is Cl.[2H]C1([2H])CNCCOC1. The molecule has 0 spiro atoms. The molecular formula is C5H12ClNO. The van der Waals surface area contributed by atoms with Crippen LogP contribution in [0, 0.1) is 0 Å². The summed E-state index contributed by atoms with van der Waals surface area (Å²) in [5.74, 6) is 0. The number of hydrogen-bond acceptors (Lipinski definition) is 2. The van der Waals surface area contributed by atoms with Gasteiger partial charge in [-0.2, -0.15) is 0 Å². The van der Waals surface area contributed by atoms with Crippen LogP contribution in [0.1, 0.15) is 9.11 Å². The van der Waals surface area contributed by atoms with E-state index >= 15 is 0 Å². The molecule has 0 saturated carbocycles. The van der Waals surface area contributed by atoms with Gasteiger partial charge < -0.3 is 10.1 Å². The Kier molecular flexibility index (Phi) is 3.36. The summed E-state index contributed by atoms with van der Waals surface area (Å²) in [5.41, 5.74) is 0. The van der Waals surface area contributed by atoms with Crippen molar-refractivity contribution in [2.75, 3.05) is 26.3 Å². The second kappa shape index (κ2) is 5.35. The van der Waals surface area contributed by atoms with Gasteiger partial charge in [-0.1, -0.05) is 0 Å². The molecule has 0 aromatic carbocycles. The summed E-state index contributed by atoms with van der Waals surface area (Å²) in [6, 6.07) is 0. The van der Waals surface area contributed by atoms with Gasteiger partial charge in [-0.25, -0.2) is 0 Å². The van der Waals surface area contributed by atoms with Gasteiger partial charge in [0.05, 0.1) is 6.61 Å². The Morgan fingerprint density at radius 2 is 2.25 bits per heavy atom. The fourth-order valence-corrected chi connectivity index (χ4v) is 0.516. The zero-order chi connectivity index (χ0) is 6.74. The molecule has 1 heterocycles. The van der Waals surface area contributed by atoms with Gasteiger partial charge in [0.1, 0.15) is 0 Å². The average molecular weight is 140 g/mol. The molecule has 0 radical (unpaired) electrons. The topological polar surface area (TPSA) is 21.3 Å². The monoisotopic (exact) mass is 139 g/mol. The molecule has 1 N–H and O–H groups in total. The van der Waals surface area contributed by atoms with Crippen LogP contribution in [0.5, 0.6) is 0 Å². The van der Waals surface area contributed by atoms with Crippen LogP contribution in [0.15, 0.2) is 0 Å². The third kappa shape index (κ3) is 3.24. The van der Waals surface area contributed by atoms with Crippen LogP contribution in [0.4, 0.5) is 0 Å². The molecule has 2 nitrogen and oxygen atoms in total. The number of nitrogens with one attached hydrogen (secondary N) is 1. The lowest BCUT2D eigenvalue weighted by atomic mass is 10.5. The lowest BCUT2D eigenvalue weighted by molar-refractivity contribution is 0.151. The van der Waals surface area contributed by atoms with Crippen molar-refractivity contribution in [3.8, 4) is 0 Å². The lowest BCUT2D eigenvalue weighted by Crippen LogP contribution is -2.15. The van der Waals surface area contributed by atoms with E-state index in [1.807, 2.05) is 0 Å². The fourth-order valence-electron chi connectivity index (χ4n) is 0.516. The van der Waals surface area contributed by atoms with E-state index in [9.17, 15) is 0 Å². The predicted octanol–water partition coefficient (Wildman–Crippen LogP) is 0.418. The van der Waals surface area contributed by atoms with Crippen molar-refractivity contribution in [2.45, 2.75) is 6.37 Å². The number of halogens is 1. The molecule has 50 valence electrons. The van der Waals surface area contributed by atoms with Crippen LogP contribution in [-0.4, -0.2) is 26.3 Å². The molecular weight excluding hydrogens is 126 g/mol. The average Bonchev–Trinajstić information content (AvgIpc) is 1.92.